The van der Waals surface area contributed by atoms with Crippen molar-refractivity contribution in [3.63, 3.8) is 0 Å². The van der Waals surface area contributed by atoms with Crippen LogP contribution < -0.4 is 28.4 Å². The molecule has 0 bridgehead atoms. The monoisotopic (exact) mass is 1010 g/mol. The van der Waals surface area contributed by atoms with Gasteiger partial charge in [0.1, 0.15) is 0 Å². The molecule has 0 saturated heterocycles. The molecule has 2 aromatic carbocycles. The summed E-state index contributed by atoms with van der Waals surface area (Å²) >= 11 is 0. The van der Waals surface area contributed by atoms with Crippen LogP contribution in [-0.2, 0) is 69.7 Å². The van der Waals surface area contributed by atoms with Gasteiger partial charge in [0.05, 0.1) is 208 Å². The predicted octanol–water partition coefficient (Wildman–Crippen LogP) is 3.72. The van der Waals surface area contributed by atoms with Crippen LogP contribution >= 0.6 is 0 Å². The van der Waals surface area contributed by atoms with Crippen molar-refractivity contribution in [3.05, 3.63) is 35.4 Å². The minimum Gasteiger partial charge on any atom is -0.493 e. The molecule has 20 nitrogen and oxygen atoms in total. The molecule has 0 unspecified atom stereocenters. The van der Waals surface area contributed by atoms with Gasteiger partial charge in [-0.05, 0) is 72.9 Å². The van der Waals surface area contributed by atoms with E-state index in [1.807, 2.05) is 24.3 Å². The fourth-order valence-corrected chi connectivity index (χ4v) is 7.09. The third-order valence-electron chi connectivity index (χ3n) is 10.5. The molecule has 0 aliphatic heterocycles. The van der Waals surface area contributed by atoms with Gasteiger partial charge in [0.15, 0.2) is 23.0 Å². The largest absolute Gasteiger partial charge is 0.493 e. The minimum absolute atomic E-state index is 0.00156. The minimum atomic E-state index is 0.00156. The van der Waals surface area contributed by atoms with E-state index in [1.54, 1.807) is 42.7 Å². The zero-order chi connectivity index (χ0) is 50.5. The van der Waals surface area contributed by atoms with Gasteiger partial charge in [-0.2, -0.15) is 0 Å². The lowest BCUT2D eigenvalue weighted by Gasteiger charge is -2.29. The van der Waals surface area contributed by atoms with Gasteiger partial charge in [-0.1, -0.05) is 0 Å². The first kappa shape index (κ1) is 62.8. The number of ether oxygens (including phenoxy) is 18. The second-order valence-corrected chi connectivity index (χ2v) is 15.4. The standard InChI is InChI=1S/C50H86O20/c1-53-45-36-41(37-46(54-2)49(45)57-5)34-43(8-7-11-59-14-17-62-20-23-65-26-27-66-24-21-63-18-15-60-12-9-51)44(35-42-38-47(55-3)50(58-6)48(39-42)56-4)40-70-33-32-69-31-30-68-29-28-67-25-22-64-19-16-61-13-10-52/h36-39,43-44,51-52H,7-35,40H2,1-6H3/t43-,44+/m1/s1. The molecule has 0 amide bonds. The second kappa shape index (κ2) is 44.4. The van der Waals surface area contributed by atoms with Crippen molar-refractivity contribution < 1.29 is 95.5 Å². The van der Waals surface area contributed by atoms with Crippen LogP contribution in [0.1, 0.15) is 24.0 Å². The first-order valence-electron chi connectivity index (χ1n) is 24.2. The van der Waals surface area contributed by atoms with Crippen LogP contribution in [0.4, 0.5) is 0 Å². The zero-order valence-electron chi connectivity index (χ0n) is 42.9. The molecule has 0 heterocycles. The molecular formula is C50H86O20. The lowest BCUT2D eigenvalue weighted by molar-refractivity contribution is -0.0214. The molecule has 0 aromatic heterocycles. The summed E-state index contributed by atoms with van der Waals surface area (Å²) in [6.45, 7) is 10.7. The van der Waals surface area contributed by atoms with Crippen molar-refractivity contribution in [1.29, 1.82) is 0 Å². The van der Waals surface area contributed by atoms with Gasteiger partial charge in [-0.15, -0.1) is 0 Å². The lowest BCUT2D eigenvalue weighted by Crippen LogP contribution is -2.26. The number of hydrogen-bond acceptors (Lipinski definition) is 20. The summed E-state index contributed by atoms with van der Waals surface area (Å²) in [4.78, 5) is 0. The molecule has 0 saturated carbocycles. The van der Waals surface area contributed by atoms with Gasteiger partial charge in [-0.25, -0.2) is 0 Å². The molecule has 0 aliphatic carbocycles. The molecule has 0 radical (unpaired) electrons. The summed E-state index contributed by atoms with van der Waals surface area (Å²) in [7, 11) is 9.66. The first-order valence-corrected chi connectivity index (χ1v) is 24.2. The van der Waals surface area contributed by atoms with Crippen LogP contribution in [0.25, 0.3) is 0 Å². The Hall–Kier alpha value is -3.32. The zero-order valence-corrected chi connectivity index (χ0v) is 42.9. The summed E-state index contributed by atoms with van der Waals surface area (Å²) in [5.74, 6) is 3.57. The first-order chi connectivity index (χ1) is 34.5. The van der Waals surface area contributed by atoms with Crippen LogP contribution in [0.5, 0.6) is 34.5 Å². The number of hydrogen-bond donors (Lipinski definition) is 2. The molecule has 2 N–H and O–H groups in total. The highest BCUT2D eigenvalue weighted by Gasteiger charge is 2.26. The van der Waals surface area contributed by atoms with Crippen molar-refractivity contribution in [2.45, 2.75) is 25.7 Å². The average molecular weight is 1010 g/mol. The van der Waals surface area contributed by atoms with E-state index < -0.39 is 0 Å². The average Bonchev–Trinajstić information content (AvgIpc) is 3.38. The van der Waals surface area contributed by atoms with Crippen molar-refractivity contribution in [2.75, 3.05) is 214 Å². The number of aliphatic hydroxyl groups excluding tert-OH is 2. The number of rotatable bonds is 51. The van der Waals surface area contributed by atoms with Crippen LogP contribution in [0.2, 0.25) is 0 Å². The Balaban J connectivity index is 1.96. The molecule has 20 heteroatoms. The van der Waals surface area contributed by atoms with E-state index in [2.05, 4.69) is 0 Å². The summed E-state index contributed by atoms with van der Waals surface area (Å²) in [5, 5.41) is 17.4. The molecule has 2 rings (SSSR count). The Labute approximate surface area is 416 Å². The Bertz CT molecular complexity index is 1450. The third-order valence-corrected chi connectivity index (χ3v) is 10.5. The smallest absolute Gasteiger partial charge is 0.203 e. The van der Waals surface area contributed by atoms with Gasteiger partial charge in [-0.3, -0.25) is 0 Å². The topological polar surface area (TPSA) is 207 Å². The molecule has 0 aliphatic rings. The van der Waals surface area contributed by atoms with Crippen LogP contribution in [0.3, 0.4) is 0 Å². The van der Waals surface area contributed by atoms with Gasteiger partial charge < -0.3 is 95.5 Å². The molecule has 406 valence electrons. The maximum Gasteiger partial charge on any atom is 0.203 e. The fourth-order valence-electron chi connectivity index (χ4n) is 7.09. The molecule has 2 atom stereocenters. The second-order valence-electron chi connectivity index (χ2n) is 15.4. The summed E-state index contributed by atoms with van der Waals surface area (Å²) < 4.78 is 102. The number of benzene rings is 2. The quantitative estimate of drug-likeness (QED) is 0.0906. The van der Waals surface area contributed by atoms with E-state index >= 15 is 0 Å². The van der Waals surface area contributed by atoms with Gasteiger partial charge >= 0.3 is 0 Å². The Morgan fingerprint density at radius 3 is 0.843 bits per heavy atom. The fraction of sp³-hybridized carbons (Fsp3) is 0.760. The van der Waals surface area contributed by atoms with Crippen LogP contribution in [-0.4, -0.2) is 225 Å². The van der Waals surface area contributed by atoms with E-state index in [1.165, 1.54) is 0 Å². The van der Waals surface area contributed by atoms with Crippen molar-refractivity contribution in [2.24, 2.45) is 11.8 Å². The van der Waals surface area contributed by atoms with E-state index in [4.69, 9.17) is 95.5 Å². The Morgan fingerprint density at radius 1 is 0.314 bits per heavy atom. The molecular weight excluding hydrogens is 921 g/mol. The highest BCUT2D eigenvalue weighted by atomic mass is 16.6. The van der Waals surface area contributed by atoms with E-state index in [0.29, 0.717) is 206 Å². The highest BCUT2D eigenvalue weighted by molar-refractivity contribution is 5.55. The summed E-state index contributed by atoms with van der Waals surface area (Å²) in [6.07, 6.45) is 3.00. The maximum atomic E-state index is 8.73. The van der Waals surface area contributed by atoms with Crippen molar-refractivity contribution in [3.8, 4) is 34.5 Å². The van der Waals surface area contributed by atoms with Gasteiger partial charge in [0.2, 0.25) is 11.5 Å². The van der Waals surface area contributed by atoms with Crippen LogP contribution in [0, 0.1) is 11.8 Å². The number of methoxy groups -OCH3 is 6. The highest BCUT2D eigenvalue weighted by Crippen LogP contribution is 2.41. The van der Waals surface area contributed by atoms with Gasteiger partial charge in [0, 0.05) is 6.61 Å². The Morgan fingerprint density at radius 2 is 0.571 bits per heavy atom. The van der Waals surface area contributed by atoms with Crippen molar-refractivity contribution in [1.82, 2.24) is 0 Å². The SMILES string of the molecule is COc1cc(C[C@@H](CCCOCCOCCOCCOCCOCCOCCO)[C@H](COCCOCCOCCOCCOCCOCCO)Cc2cc(OC)c(OC)c(OC)c2)cc(OC)c1OC. The predicted molar refractivity (Wildman–Crippen MR) is 260 cm³/mol. The van der Waals surface area contributed by atoms with Crippen LogP contribution in [0.15, 0.2) is 24.3 Å². The maximum absolute atomic E-state index is 8.73. The third kappa shape index (κ3) is 29.3. The Kier molecular flexibility index (Phi) is 39.8. The molecule has 2 aromatic rings. The van der Waals surface area contributed by atoms with E-state index in [-0.39, 0.29) is 25.0 Å². The molecule has 0 spiro atoms. The summed E-state index contributed by atoms with van der Waals surface area (Å²) in [5.41, 5.74) is 2.05. The normalized spacial score (nSPS) is 12.3. The molecule has 70 heavy (non-hydrogen) atoms. The van der Waals surface area contributed by atoms with E-state index in [9.17, 15) is 0 Å². The number of aliphatic hydroxyl groups is 2. The van der Waals surface area contributed by atoms with E-state index in [0.717, 1.165) is 24.0 Å². The molecule has 0 fully saturated rings. The van der Waals surface area contributed by atoms with Crippen molar-refractivity contribution >= 4 is 0 Å². The lowest BCUT2D eigenvalue weighted by atomic mass is 9.80. The van der Waals surface area contributed by atoms with Gasteiger partial charge in [0.25, 0.3) is 0 Å². The summed E-state index contributed by atoms with van der Waals surface area (Å²) in [6, 6.07) is 7.99.